The van der Waals surface area contributed by atoms with E-state index in [0.29, 0.717) is 12.5 Å². The zero-order valence-corrected chi connectivity index (χ0v) is 16.0. The summed E-state index contributed by atoms with van der Waals surface area (Å²) in [5.41, 5.74) is 1.17. The number of hydrogen-bond donors (Lipinski definition) is 0. The maximum atomic E-state index is 12.3. The molecular weight excluding hydrogens is 324 g/mol. The maximum Gasteiger partial charge on any atom is 0.236 e. The van der Waals surface area contributed by atoms with Crippen LogP contribution >= 0.6 is 0 Å². The summed E-state index contributed by atoms with van der Waals surface area (Å²) in [5.74, 6) is 1.95. The third kappa shape index (κ3) is 4.52. The standard InChI is InChI=1S/C21H30N4O/c1-3-24(4-2)20(26)17-23-13-10-18(11-14-23)16-25-15-12-22-21(25)19-8-6-5-7-9-19/h5-9,12,15,18H,3-4,10-11,13-14,16-17H2,1-2H3. The predicted octanol–water partition coefficient (Wildman–Crippen LogP) is 3.13. The molecule has 26 heavy (non-hydrogen) atoms. The third-order valence-electron chi connectivity index (χ3n) is 5.38. The summed E-state index contributed by atoms with van der Waals surface area (Å²) >= 11 is 0. The normalized spacial score (nSPS) is 15.9. The number of likely N-dealkylation sites (N-methyl/N-ethyl adjacent to an activating group) is 1. The van der Waals surface area contributed by atoms with Gasteiger partial charge < -0.3 is 9.47 Å². The monoisotopic (exact) mass is 354 g/mol. The first kappa shape index (κ1) is 18.6. The first-order chi connectivity index (χ1) is 12.7. The highest BCUT2D eigenvalue weighted by Gasteiger charge is 2.23. The van der Waals surface area contributed by atoms with Gasteiger partial charge in [0, 0.05) is 37.6 Å². The molecule has 0 atom stereocenters. The van der Waals surface area contributed by atoms with Crippen molar-refractivity contribution in [2.75, 3.05) is 32.7 Å². The molecule has 0 bridgehead atoms. The number of nitrogens with zero attached hydrogens (tertiary/aromatic N) is 4. The molecule has 2 heterocycles. The average Bonchev–Trinajstić information content (AvgIpc) is 3.13. The minimum Gasteiger partial charge on any atom is -0.342 e. The highest BCUT2D eigenvalue weighted by Crippen LogP contribution is 2.23. The van der Waals surface area contributed by atoms with Gasteiger partial charge in [0.2, 0.25) is 5.91 Å². The van der Waals surface area contributed by atoms with Crippen molar-refractivity contribution in [1.82, 2.24) is 19.4 Å². The lowest BCUT2D eigenvalue weighted by Crippen LogP contribution is -2.43. The lowest BCUT2D eigenvalue weighted by atomic mass is 9.96. The van der Waals surface area contributed by atoms with Crippen LogP contribution in [0.15, 0.2) is 42.7 Å². The Bertz CT molecular complexity index is 685. The van der Waals surface area contributed by atoms with Gasteiger partial charge in [-0.15, -0.1) is 0 Å². The number of piperidine rings is 1. The van der Waals surface area contributed by atoms with E-state index >= 15 is 0 Å². The number of amides is 1. The fourth-order valence-corrected chi connectivity index (χ4v) is 3.78. The van der Waals surface area contributed by atoms with Crippen LogP contribution in [0.4, 0.5) is 0 Å². The summed E-state index contributed by atoms with van der Waals surface area (Å²) in [6.45, 7) is 9.27. The predicted molar refractivity (Wildman–Crippen MR) is 105 cm³/mol. The molecule has 0 N–H and O–H groups in total. The summed E-state index contributed by atoms with van der Waals surface area (Å²) < 4.78 is 2.27. The zero-order chi connectivity index (χ0) is 18.4. The number of aromatic nitrogens is 2. The van der Waals surface area contributed by atoms with Gasteiger partial charge in [-0.05, 0) is 45.7 Å². The molecule has 0 spiro atoms. The number of benzene rings is 1. The molecule has 1 aromatic carbocycles. The molecule has 5 nitrogen and oxygen atoms in total. The van der Waals surface area contributed by atoms with E-state index in [0.717, 1.165) is 51.4 Å². The summed E-state index contributed by atoms with van der Waals surface area (Å²) in [6.07, 6.45) is 6.24. The van der Waals surface area contributed by atoms with E-state index in [2.05, 4.69) is 44.9 Å². The van der Waals surface area contributed by atoms with Gasteiger partial charge in [-0.1, -0.05) is 30.3 Å². The molecule has 2 aromatic rings. The van der Waals surface area contributed by atoms with Gasteiger partial charge in [0.15, 0.2) is 0 Å². The van der Waals surface area contributed by atoms with E-state index in [9.17, 15) is 4.79 Å². The van der Waals surface area contributed by atoms with Crippen LogP contribution in [0.1, 0.15) is 26.7 Å². The van der Waals surface area contributed by atoms with Crippen molar-refractivity contribution in [3.05, 3.63) is 42.7 Å². The second-order valence-electron chi connectivity index (χ2n) is 7.05. The van der Waals surface area contributed by atoms with Crippen LogP contribution in [-0.4, -0.2) is 58.0 Å². The van der Waals surface area contributed by atoms with E-state index in [-0.39, 0.29) is 5.91 Å². The first-order valence-corrected chi connectivity index (χ1v) is 9.78. The van der Waals surface area contributed by atoms with E-state index in [4.69, 9.17) is 0 Å². The lowest BCUT2D eigenvalue weighted by molar-refractivity contribution is -0.132. The van der Waals surface area contributed by atoms with Gasteiger partial charge in [0.1, 0.15) is 5.82 Å². The number of imidazole rings is 1. The molecule has 5 heteroatoms. The van der Waals surface area contributed by atoms with Crippen molar-refractivity contribution in [3.63, 3.8) is 0 Å². The Morgan fingerprint density at radius 1 is 1.15 bits per heavy atom. The highest BCUT2D eigenvalue weighted by atomic mass is 16.2. The van der Waals surface area contributed by atoms with Crippen LogP contribution in [0.3, 0.4) is 0 Å². The highest BCUT2D eigenvalue weighted by molar-refractivity contribution is 5.78. The van der Waals surface area contributed by atoms with Crippen molar-refractivity contribution >= 4 is 5.91 Å². The van der Waals surface area contributed by atoms with E-state index < -0.39 is 0 Å². The van der Waals surface area contributed by atoms with Gasteiger partial charge in [-0.25, -0.2) is 4.98 Å². The molecule has 1 aromatic heterocycles. The molecule has 0 saturated carbocycles. The molecule has 1 aliphatic heterocycles. The summed E-state index contributed by atoms with van der Waals surface area (Å²) in [5, 5.41) is 0. The molecule has 0 radical (unpaired) electrons. The van der Waals surface area contributed by atoms with Crippen LogP contribution in [0.5, 0.6) is 0 Å². The summed E-state index contributed by atoms with van der Waals surface area (Å²) in [7, 11) is 0. The number of hydrogen-bond acceptors (Lipinski definition) is 3. The number of carbonyl (C=O) groups is 1. The van der Waals surface area contributed by atoms with E-state index in [1.807, 2.05) is 31.0 Å². The fraction of sp³-hybridized carbons (Fsp3) is 0.524. The largest absolute Gasteiger partial charge is 0.342 e. The van der Waals surface area contributed by atoms with Crippen LogP contribution < -0.4 is 0 Å². The molecule has 1 saturated heterocycles. The van der Waals surface area contributed by atoms with Gasteiger partial charge in [-0.2, -0.15) is 0 Å². The van der Waals surface area contributed by atoms with Crippen molar-refractivity contribution < 1.29 is 4.79 Å². The fourth-order valence-electron chi connectivity index (χ4n) is 3.78. The molecule has 1 aliphatic rings. The van der Waals surface area contributed by atoms with E-state index in [1.54, 1.807) is 0 Å². The summed E-state index contributed by atoms with van der Waals surface area (Å²) in [4.78, 5) is 21.1. The topological polar surface area (TPSA) is 41.4 Å². The van der Waals surface area contributed by atoms with Crippen molar-refractivity contribution in [3.8, 4) is 11.4 Å². The number of carbonyl (C=O) groups excluding carboxylic acids is 1. The number of likely N-dealkylation sites (tertiary alicyclic amines) is 1. The van der Waals surface area contributed by atoms with Gasteiger partial charge in [0.05, 0.1) is 6.54 Å². The quantitative estimate of drug-likeness (QED) is 0.767. The molecule has 1 amide bonds. The third-order valence-corrected chi connectivity index (χ3v) is 5.38. The minimum absolute atomic E-state index is 0.259. The Morgan fingerprint density at radius 3 is 2.50 bits per heavy atom. The van der Waals surface area contributed by atoms with Gasteiger partial charge in [-0.3, -0.25) is 9.69 Å². The van der Waals surface area contributed by atoms with Crippen molar-refractivity contribution in [1.29, 1.82) is 0 Å². The van der Waals surface area contributed by atoms with Crippen LogP contribution in [0.2, 0.25) is 0 Å². The average molecular weight is 354 g/mol. The molecule has 1 fully saturated rings. The minimum atomic E-state index is 0.259. The van der Waals surface area contributed by atoms with Gasteiger partial charge in [0.25, 0.3) is 0 Å². The second-order valence-corrected chi connectivity index (χ2v) is 7.05. The van der Waals surface area contributed by atoms with Crippen molar-refractivity contribution in [2.24, 2.45) is 5.92 Å². The van der Waals surface area contributed by atoms with Crippen LogP contribution in [-0.2, 0) is 11.3 Å². The van der Waals surface area contributed by atoms with Crippen LogP contribution in [0.25, 0.3) is 11.4 Å². The molecule has 0 aliphatic carbocycles. The smallest absolute Gasteiger partial charge is 0.236 e. The van der Waals surface area contributed by atoms with Crippen LogP contribution in [0, 0.1) is 5.92 Å². The molecule has 140 valence electrons. The first-order valence-electron chi connectivity index (χ1n) is 9.78. The Hall–Kier alpha value is -2.14. The van der Waals surface area contributed by atoms with Crippen molar-refractivity contribution in [2.45, 2.75) is 33.2 Å². The Labute approximate surface area is 156 Å². The summed E-state index contributed by atoms with van der Waals surface area (Å²) in [6, 6.07) is 10.4. The second kappa shape index (κ2) is 8.99. The van der Waals surface area contributed by atoms with E-state index in [1.165, 1.54) is 5.56 Å². The zero-order valence-electron chi connectivity index (χ0n) is 16.0. The van der Waals surface area contributed by atoms with Gasteiger partial charge >= 0.3 is 0 Å². The molecule has 0 unspecified atom stereocenters. The Morgan fingerprint density at radius 2 is 1.85 bits per heavy atom. The molecule has 3 rings (SSSR count). The number of rotatable bonds is 7. The molecular formula is C21H30N4O. The Kier molecular flexibility index (Phi) is 6.45. The maximum absolute atomic E-state index is 12.3. The SMILES string of the molecule is CCN(CC)C(=O)CN1CCC(Cn2ccnc2-c2ccccc2)CC1. The Balaban J connectivity index is 1.52. The lowest BCUT2D eigenvalue weighted by Gasteiger charge is -2.33.